The molecule has 0 unspecified atom stereocenters. The van der Waals surface area contributed by atoms with Crippen LogP contribution in [0.1, 0.15) is 0 Å². The molecule has 0 bridgehead atoms. The summed E-state index contributed by atoms with van der Waals surface area (Å²) in [4.78, 5) is 10.7. The van der Waals surface area contributed by atoms with E-state index in [0.717, 1.165) is 0 Å². The minimum absolute atomic E-state index is 0.0343. The number of hydrogen-bond acceptors (Lipinski definition) is 4. The number of amides is 1. The van der Waals surface area contributed by atoms with Crippen molar-refractivity contribution in [3.05, 3.63) is 0 Å². The lowest BCUT2D eigenvalue weighted by atomic mass is 10.6. The minimum atomic E-state index is -0.0343. The predicted octanol–water partition coefficient (Wildman–Crippen LogP) is -0.511. The Morgan fingerprint density at radius 2 is 1.86 bits per heavy atom. The molecule has 3 N–H and O–H groups in total. The number of carbonyl (C=O) groups is 1. The second kappa shape index (κ2) is 10.9. The van der Waals surface area contributed by atoms with Gasteiger partial charge in [0.2, 0.25) is 5.91 Å². The van der Waals surface area contributed by atoms with E-state index in [1.165, 1.54) is 0 Å². The van der Waals surface area contributed by atoms with Gasteiger partial charge < -0.3 is 20.5 Å². The molecule has 0 aromatic carbocycles. The van der Waals surface area contributed by atoms with Crippen LogP contribution in [0.15, 0.2) is 0 Å². The van der Waals surface area contributed by atoms with Gasteiger partial charge in [-0.25, -0.2) is 0 Å². The van der Waals surface area contributed by atoms with Crippen LogP contribution in [-0.4, -0.2) is 50.8 Å². The topological polar surface area (TPSA) is 73.6 Å². The fraction of sp³-hybridized carbons (Fsp3) is 0.875. The fourth-order valence-electron chi connectivity index (χ4n) is 0.715. The van der Waals surface area contributed by atoms with Gasteiger partial charge in [0.15, 0.2) is 0 Å². The molecule has 0 aliphatic heterocycles. The van der Waals surface area contributed by atoms with E-state index in [1.807, 2.05) is 0 Å². The SMILES string of the molecule is NCCOCCOCCNC(=O)CBr. The molecule has 0 aliphatic carbocycles. The number of rotatable bonds is 9. The van der Waals surface area contributed by atoms with E-state index in [0.29, 0.717) is 44.8 Å². The average Bonchev–Trinajstić information content (AvgIpc) is 2.21. The zero-order valence-electron chi connectivity index (χ0n) is 8.13. The number of hydrogen-bond donors (Lipinski definition) is 2. The highest BCUT2D eigenvalue weighted by Crippen LogP contribution is 1.79. The molecule has 0 aliphatic rings. The van der Waals surface area contributed by atoms with Gasteiger partial charge in [0.05, 0.1) is 31.8 Å². The highest BCUT2D eigenvalue weighted by molar-refractivity contribution is 9.09. The summed E-state index contributed by atoms with van der Waals surface area (Å²) >= 11 is 3.04. The molecular weight excluding hydrogens is 252 g/mol. The van der Waals surface area contributed by atoms with Crippen molar-refractivity contribution in [1.82, 2.24) is 5.32 Å². The van der Waals surface area contributed by atoms with Crippen molar-refractivity contribution in [1.29, 1.82) is 0 Å². The van der Waals surface area contributed by atoms with Crippen molar-refractivity contribution < 1.29 is 14.3 Å². The maximum atomic E-state index is 10.7. The third-order valence-corrected chi connectivity index (χ3v) is 1.83. The molecule has 0 heterocycles. The van der Waals surface area contributed by atoms with Gasteiger partial charge in [-0.3, -0.25) is 4.79 Å². The lowest BCUT2D eigenvalue weighted by molar-refractivity contribution is -0.118. The molecular formula is C8H17BrN2O3. The Kier molecular flexibility index (Phi) is 10.8. The molecule has 1 amide bonds. The van der Waals surface area contributed by atoms with E-state index in [2.05, 4.69) is 21.2 Å². The predicted molar refractivity (Wildman–Crippen MR) is 57.5 cm³/mol. The van der Waals surface area contributed by atoms with E-state index in [1.54, 1.807) is 0 Å². The average molecular weight is 269 g/mol. The molecule has 0 saturated carbocycles. The first kappa shape index (κ1) is 13.8. The lowest BCUT2D eigenvalue weighted by Crippen LogP contribution is -2.28. The second-order valence-corrected chi connectivity index (χ2v) is 3.06. The number of ether oxygens (including phenoxy) is 2. The van der Waals surface area contributed by atoms with Gasteiger partial charge in [0, 0.05) is 13.1 Å². The van der Waals surface area contributed by atoms with Crippen LogP contribution in [-0.2, 0) is 14.3 Å². The highest BCUT2D eigenvalue weighted by Gasteiger charge is 1.95. The van der Waals surface area contributed by atoms with Gasteiger partial charge in [0.1, 0.15) is 0 Å². The third-order valence-electron chi connectivity index (χ3n) is 1.32. The van der Waals surface area contributed by atoms with Gasteiger partial charge in [0.25, 0.3) is 0 Å². The summed E-state index contributed by atoms with van der Waals surface area (Å²) < 4.78 is 10.3. The summed E-state index contributed by atoms with van der Waals surface area (Å²) in [5.41, 5.74) is 5.22. The highest BCUT2D eigenvalue weighted by atomic mass is 79.9. The minimum Gasteiger partial charge on any atom is -0.378 e. The Morgan fingerprint density at radius 1 is 1.21 bits per heavy atom. The third kappa shape index (κ3) is 9.91. The molecule has 84 valence electrons. The van der Waals surface area contributed by atoms with Crippen molar-refractivity contribution in [2.45, 2.75) is 0 Å². The maximum Gasteiger partial charge on any atom is 0.230 e. The Bertz CT molecular complexity index is 147. The Hall–Kier alpha value is -0.170. The molecule has 0 radical (unpaired) electrons. The van der Waals surface area contributed by atoms with E-state index in [-0.39, 0.29) is 5.91 Å². The summed E-state index contributed by atoms with van der Waals surface area (Å²) in [7, 11) is 0. The standard InChI is InChI=1S/C8H17BrN2O3/c9-7-8(12)11-2-4-14-6-5-13-3-1-10/h1-7,10H2,(H,11,12). The van der Waals surface area contributed by atoms with E-state index >= 15 is 0 Å². The monoisotopic (exact) mass is 268 g/mol. The zero-order chi connectivity index (χ0) is 10.6. The molecule has 5 nitrogen and oxygen atoms in total. The van der Waals surface area contributed by atoms with Gasteiger partial charge in [-0.15, -0.1) is 0 Å². The number of nitrogens with one attached hydrogen (secondary N) is 1. The van der Waals surface area contributed by atoms with Crippen LogP contribution in [0.3, 0.4) is 0 Å². The molecule has 0 aromatic rings. The lowest BCUT2D eigenvalue weighted by Gasteiger charge is -2.05. The summed E-state index contributed by atoms with van der Waals surface area (Å²) in [6, 6.07) is 0. The number of alkyl halides is 1. The molecule has 0 atom stereocenters. The Morgan fingerprint density at radius 3 is 2.43 bits per heavy atom. The van der Waals surface area contributed by atoms with E-state index in [9.17, 15) is 4.79 Å². The van der Waals surface area contributed by atoms with Crippen molar-refractivity contribution in [3.63, 3.8) is 0 Å². The molecule has 0 spiro atoms. The van der Waals surface area contributed by atoms with Crippen molar-refractivity contribution >= 4 is 21.8 Å². The number of nitrogens with two attached hydrogens (primary N) is 1. The fourth-order valence-corrected chi connectivity index (χ4v) is 0.913. The van der Waals surface area contributed by atoms with Crippen LogP contribution in [0.2, 0.25) is 0 Å². The molecule has 0 aromatic heterocycles. The van der Waals surface area contributed by atoms with Gasteiger partial charge in [-0.05, 0) is 0 Å². The normalized spacial score (nSPS) is 10.1. The van der Waals surface area contributed by atoms with Gasteiger partial charge >= 0.3 is 0 Å². The summed E-state index contributed by atoms with van der Waals surface area (Å²) in [5, 5.41) is 2.99. The van der Waals surface area contributed by atoms with Crippen molar-refractivity contribution in [2.75, 3.05) is 44.8 Å². The Balaban J connectivity index is 2.95. The second-order valence-electron chi connectivity index (χ2n) is 2.50. The van der Waals surface area contributed by atoms with Crippen LogP contribution in [0.5, 0.6) is 0 Å². The first-order valence-electron chi connectivity index (χ1n) is 4.49. The summed E-state index contributed by atoms with van der Waals surface area (Å²) in [6.07, 6.45) is 0. The van der Waals surface area contributed by atoms with Crippen LogP contribution in [0, 0.1) is 0 Å². The molecule has 0 rings (SSSR count). The van der Waals surface area contributed by atoms with E-state index in [4.69, 9.17) is 15.2 Å². The molecule has 6 heteroatoms. The maximum absolute atomic E-state index is 10.7. The van der Waals surface area contributed by atoms with Crippen molar-refractivity contribution in [2.24, 2.45) is 5.73 Å². The quantitative estimate of drug-likeness (QED) is 0.437. The Labute approximate surface area is 92.4 Å². The molecule has 0 fully saturated rings. The van der Waals surface area contributed by atoms with Crippen LogP contribution in [0.4, 0.5) is 0 Å². The largest absolute Gasteiger partial charge is 0.378 e. The van der Waals surface area contributed by atoms with Crippen LogP contribution >= 0.6 is 15.9 Å². The summed E-state index contributed by atoms with van der Waals surface area (Å²) in [5.74, 6) is -0.0343. The first-order chi connectivity index (χ1) is 6.81. The van der Waals surface area contributed by atoms with Crippen LogP contribution in [0.25, 0.3) is 0 Å². The van der Waals surface area contributed by atoms with Gasteiger partial charge in [-0.2, -0.15) is 0 Å². The van der Waals surface area contributed by atoms with Crippen LogP contribution < -0.4 is 11.1 Å². The molecule has 0 saturated heterocycles. The van der Waals surface area contributed by atoms with E-state index < -0.39 is 0 Å². The van der Waals surface area contributed by atoms with Gasteiger partial charge in [-0.1, -0.05) is 15.9 Å². The smallest absolute Gasteiger partial charge is 0.230 e. The summed E-state index contributed by atoms with van der Waals surface area (Å²) in [6.45, 7) is 3.20. The molecule has 14 heavy (non-hydrogen) atoms. The zero-order valence-corrected chi connectivity index (χ0v) is 9.72. The number of halogens is 1. The number of carbonyl (C=O) groups excluding carboxylic acids is 1. The van der Waals surface area contributed by atoms with Crippen molar-refractivity contribution in [3.8, 4) is 0 Å². The first-order valence-corrected chi connectivity index (χ1v) is 5.61.